The van der Waals surface area contributed by atoms with Crippen LogP contribution in [-0.2, 0) is 9.53 Å². The van der Waals surface area contributed by atoms with Crippen LogP contribution in [0.5, 0.6) is 0 Å². The van der Waals surface area contributed by atoms with Crippen molar-refractivity contribution in [1.82, 2.24) is 0 Å². The lowest BCUT2D eigenvalue weighted by atomic mass is 9.72. The molecule has 2 aliphatic carbocycles. The summed E-state index contributed by atoms with van der Waals surface area (Å²) in [6, 6.07) is 0. The molecule has 0 aliphatic heterocycles. The third-order valence-corrected chi connectivity index (χ3v) is 3.33. The third-order valence-electron chi connectivity index (χ3n) is 3.33. The lowest BCUT2D eigenvalue weighted by molar-refractivity contribution is -0.139. The molecule has 0 amide bonds. The lowest BCUT2D eigenvalue weighted by Crippen LogP contribution is -2.34. The maximum Gasteiger partial charge on any atom is 0.293 e. The second-order valence-corrected chi connectivity index (χ2v) is 4.03. The predicted octanol–water partition coefficient (Wildman–Crippen LogP) is 2.29. The molecule has 3 unspecified atom stereocenters. The first-order chi connectivity index (χ1) is 6.42. The molecule has 0 aromatic heterocycles. The van der Waals surface area contributed by atoms with E-state index in [0.29, 0.717) is 18.3 Å². The highest BCUT2D eigenvalue weighted by atomic mass is 16.5. The predicted molar refractivity (Wildman–Crippen MR) is 50.1 cm³/mol. The van der Waals surface area contributed by atoms with E-state index in [9.17, 15) is 4.79 Å². The molecule has 1 fully saturated rings. The van der Waals surface area contributed by atoms with Gasteiger partial charge in [-0.1, -0.05) is 12.2 Å². The van der Waals surface area contributed by atoms with E-state index in [0.717, 1.165) is 12.8 Å². The molecule has 2 nitrogen and oxygen atoms in total. The zero-order chi connectivity index (χ0) is 9.10. The summed E-state index contributed by atoms with van der Waals surface area (Å²) in [5.74, 6) is 1.27. The van der Waals surface area contributed by atoms with Crippen molar-refractivity contribution in [2.75, 3.05) is 0 Å². The summed E-state index contributed by atoms with van der Waals surface area (Å²) in [6.07, 6.45) is 10.7. The number of carbonyl (C=O) groups is 1. The van der Waals surface area contributed by atoms with Gasteiger partial charge in [-0.15, -0.1) is 0 Å². The van der Waals surface area contributed by atoms with E-state index in [1.165, 1.54) is 19.3 Å². The van der Waals surface area contributed by atoms with E-state index in [1.54, 1.807) is 0 Å². The van der Waals surface area contributed by atoms with Gasteiger partial charge in [-0.05, 0) is 38.0 Å². The molecule has 0 saturated heterocycles. The van der Waals surface area contributed by atoms with E-state index in [4.69, 9.17) is 4.74 Å². The first kappa shape index (κ1) is 8.79. The van der Waals surface area contributed by atoms with Crippen LogP contribution < -0.4 is 0 Å². The minimum absolute atomic E-state index is 0.196. The number of ether oxygens (including phenoxy) is 1. The van der Waals surface area contributed by atoms with E-state index < -0.39 is 0 Å². The van der Waals surface area contributed by atoms with E-state index >= 15 is 0 Å². The van der Waals surface area contributed by atoms with Crippen molar-refractivity contribution in [3.05, 3.63) is 12.2 Å². The average Bonchev–Trinajstić information content (AvgIpc) is 2.19. The van der Waals surface area contributed by atoms with Crippen molar-refractivity contribution in [2.45, 2.75) is 38.2 Å². The fourth-order valence-electron chi connectivity index (χ4n) is 2.70. The second kappa shape index (κ2) is 3.95. The molecular formula is C11H16O2. The molecule has 2 aliphatic rings. The first-order valence-electron chi connectivity index (χ1n) is 5.17. The van der Waals surface area contributed by atoms with Gasteiger partial charge in [-0.25, -0.2) is 0 Å². The number of carbonyl (C=O) groups excluding carboxylic acids is 1. The standard InChI is InChI=1S/C11H16O2/c12-8-13-11-7-3-5-9-4-1-2-6-10(9)11/h1,4,8-11H,2-3,5-7H2. The summed E-state index contributed by atoms with van der Waals surface area (Å²) in [6.45, 7) is 0.616. The molecule has 0 bridgehead atoms. The van der Waals surface area contributed by atoms with Crippen LogP contribution in [0.1, 0.15) is 32.1 Å². The number of fused-ring (bicyclic) bond motifs is 1. The highest BCUT2D eigenvalue weighted by Gasteiger charge is 2.33. The Hall–Kier alpha value is -0.790. The molecule has 0 radical (unpaired) electrons. The Morgan fingerprint density at radius 2 is 2.23 bits per heavy atom. The molecule has 1 saturated carbocycles. The molecule has 0 N–H and O–H groups in total. The Balaban J connectivity index is 2.04. The molecule has 3 atom stereocenters. The molecule has 2 heteroatoms. The van der Waals surface area contributed by atoms with Gasteiger partial charge < -0.3 is 4.74 Å². The fraction of sp³-hybridized carbons (Fsp3) is 0.727. The maximum absolute atomic E-state index is 10.3. The van der Waals surface area contributed by atoms with Crippen LogP contribution in [0.4, 0.5) is 0 Å². The summed E-state index contributed by atoms with van der Waals surface area (Å²) < 4.78 is 5.14. The number of hydrogen-bond acceptors (Lipinski definition) is 2. The van der Waals surface area contributed by atoms with Crippen molar-refractivity contribution < 1.29 is 9.53 Å². The van der Waals surface area contributed by atoms with Gasteiger partial charge in [-0.2, -0.15) is 0 Å². The van der Waals surface area contributed by atoms with Crippen LogP contribution >= 0.6 is 0 Å². The van der Waals surface area contributed by atoms with Crippen molar-refractivity contribution in [2.24, 2.45) is 11.8 Å². The Bertz CT molecular complexity index is 210. The molecule has 13 heavy (non-hydrogen) atoms. The van der Waals surface area contributed by atoms with Gasteiger partial charge in [0.1, 0.15) is 6.10 Å². The summed E-state index contributed by atoms with van der Waals surface area (Å²) >= 11 is 0. The monoisotopic (exact) mass is 180 g/mol. The Morgan fingerprint density at radius 3 is 3.08 bits per heavy atom. The van der Waals surface area contributed by atoms with Crippen molar-refractivity contribution in [3.63, 3.8) is 0 Å². The molecule has 0 aromatic rings. The summed E-state index contributed by atoms with van der Waals surface area (Å²) in [7, 11) is 0. The molecule has 2 rings (SSSR count). The third kappa shape index (κ3) is 1.77. The zero-order valence-corrected chi connectivity index (χ0v) is 7.82. The number of rotatable bonds is 2. The molecule has 0 aromatic carbocycles. The largest absolute Gasteiger partial charge is 0.464 e. The minimum Gasteiger partial charge on any atom is -0.464 e. The van der Waals surface area contributed by atoms with E-state index in [2.05, 4.69) is 12.2 Å². The van der Waals surface area contributed by atoms with Gasteiger partial charge in [0.2, 0.25) is 0 Å². The smallest absolute Gasteiger partial charge is 0.293 e. The maximum atomic E-state index is 10.3. The van der Waals surface area contributed by atoms with Gasteiger partial charge in [0, 0.05) is 5.92 Å². The van der Waals surface area contributed by atoms with Crippen LogP contribution in [0.3, 0.4) is 0 Å². The summed E-state index contributed by atoms with van der Waals surface area (Å²) in [4.78, 5) is 10.3. The van der Waals surface area contributed by atoms with E-state index in [-0.39, 0.29) is 6.10 Å². The summed E-state index contributed by atoms with van der Waals surface area (Å²) in [5.41, 5.74) is 0. The van der Waals surface area contributed by atoms with Crippen molar-refractivity contribution in [3.8, 4) is 0 Å². The molecule has 0 spiro atoms. The second-order valence-electron chi connectivity index (χ2n) is 4.03. The molecule has 0 heterocycles. The Morgan fingerprint density at radius 1 is 1.31 bits per heavy atom. The Labute approximate surface area is 79.0 Å². The van der Waals surface area contributed by atoms with Crippen LogP contribution in [0.2, 0.25) is 0 Å². The van der Waals surface area contributed by atoms with Crippen LogP contribution in [0.25, 0.3) is 0 Å². The van der Waals surface area contributed by atoms with Gasteiger partial charge in [0.05, 0.1) is 0 Å². The first-order valence-corrected chi connectivity index (χ1v) is 5.17. The van der Waals surface area contributed by atoms with Gasteiger partial charge in [0.15, 0.2) is 0 Å². The van der Waals surface area contributed by atoms with Crippen LogP contribution in [-0.4, -0.2) is 12.6 Å². The highest BCUT2D eigenvalue weighted by molar-refractivity contribution is 5.37. The van der Waals surface area contributed by atoms with Crippen LogP contribution in [0, 0.1) is 11.8 Å². The Kier molecular flexibility index (Phi) is 2.67. The minimum atomic E-state index is 0.196. The fourth-order valence-corrected chi connectivity index (χ4v) is 2.70. The average molecular weight is 180 g/mol. The van der Waals surface area contributed by atoms with Crippen molar-refractivity contribution in [1.29, 1.82) is 0 Å². The number of hydrogen-bond donors (Lipinski definition) is 0. The highest BCUT2D eigenvalue weighted by Crippen LogP contribution is 2.38. The molecule has 72 valence electrons. The van der Waals surface area contributed by atoms with Crippen molar-refractivity contribution >= 4 is 6.47 Å². The molecular weight excluding hydrogens is 164 g/mol. The van der Waals surface area contributed by atoms with Gasteiger partial charge >= 0.3 is 0 Å². The normalized spacial score (nSPS) is 38.0. The van der Waals surface area contributed by atoms with Gasteiger partial charge in [0.25, 0.3) is 6.47 Å². The quantitative estimate of drug-likeness (QED) is 0.481. The lowest BCUT2D eigenvalue weighted by Gasteiger charge is -2.37. The number of allylic oxidation sites excluding steroid dienone is 2. The summed E-state index contributed by atoms with van der Waals surface area (Å²) in [5, 5.41) is 0. The zero-order valence-electron chi connectivity index (χ0n) is 7.82. The SMILES string of the molecule is O=COC1CCCC2C=CCCC21. The van der Waals surface area contributed by atoms with Crippen LogP contribution in [0.15, 0.2) is 12.2 Å². The van der Waals surface area contributed by atoms with E-state index in [1.807, 2.05) is 0 Å². The van der Waals surface area contributed by atoms with Gasteiger partial charge in [-0.3, -0.25) is 4.79 Å². The topological polar surface area (TPSA) is 26.3 Å².